The largest absolute Gasteiger partial charge is 0.504 e. The van der Waals surface area contributed by atoms with E-state index in [9.17, 15) is 32.2 Å². The molecule has 190 valence electrons. The number of benzene rings is 2. The molecular formula is C20H26O12S2. The molecule has 0 heterocycles. The maximum atomic E-state index is 10.9. The second-order valence-electron chi connectivity index (χ2n) is 7.43. The number of methoxy groups -OCH3 is 1. The number of aliphatic hydroxyl groups excluding tert-OH is 2. The molecule has 0 aliphatic rings. The first kappa shape index (κ1) is 27.6. The van der Waals surface area contributed by atoms with Gasteiger partial charge in [0.15, 0.2) is 23.0 Å². The van der Waals surface area contributed by atoms with E-state index < -0.39 is 44.5 Å². The van der Waals surface area contributed by atoms with Gasteiger partial charge in [0.25, 0.3) is 0 Å². The van der Waals surface area contributed by atoms with E-state index in [-0.39, 0.29) is 24.3 Å². The average molecular weight is 523 g/mol. The summed E-state index contributed by atoms with van der Waals surface area (Å²) in [6.45, 7) is 0. The summed E-state index contributed by atoms with van der Waals surface area (Å²) >= 11 is 0. The molecule has 12 nitrogen and oxygen atoms in total. The molecule has 14 heteroatoms. The molecule has 34 heavy (non-hydrogen) atoms. The van der Waals surface area contributed by atoms with Crippen LogP contribution in [-0.4, -0.2) is 60.6 Å². The summed E-state index contributed by atoms with van der Waals surface area (Å²) in [6.07, 6.45) is -0.359. The minimum absolute atomic E-state index is 0.0804. The molecule has 2 unspecified atom stereocenters. The molecule has 2 aromatic rings. The number of ether oxygens (including phenoxy) is 1. The van der Waals surface area contributed by atoms with Crippen LogP contribution in [0.25, 0.3) is 0 Å². The second kappa shape index (κ2) is 11.7. The summed E-state index contributed by atoms with van der Waals surface area (Å²) < 4.78 is 74.3. The third kappa shape index (κ3) is 9.70. The molecule has 2 aromatic carbocycles. The first-order valence-electron chi connectivity index (χ1n) is 9.94. The third-order valence-electron chi connectivity index (χ3n) is 4.72. The Bertz CT molecular complexity index is 1180. The zero-order valence-electron chi connectivity index (χ0n) is 18.1. The third-order valence-corrected chi connectivity index (χ3v) is 5.50. The van der Waals surface area contributed by atoms with Crippen molar-refractivity contribution in [3.63, 3.8) is 0 Å². The molecule has 2 atom stereocenters. The van der Waals surface area contributed by atoms with Gasteiger partial charge >= 0.3 is 20.8 Å². The molecule has 2 rings (SSSR count). The van der Waals surface area contributed by atoms with Crippen molar-refractivity contribution in [2.75, 3.05) is 7.11 Å². The molecule has 0 bridgehead atoms. The van der Waals surface area contributed by atoms with Gasteiger partial charge in [0.1, 0.15) is 0 Å². The topological polar surface area (TPSA) is 197 Å². The van der Waals surface area contributed by atoms with Crippen LogP contribution in [0.15, 0.2) is 36.4 Å². The molecular weight excluding hydrogens is 496 g/mol. The Labute approximate surface area is 197 Å². The monoisotopic (exact) mass is 522 g/mol. The van der Waals surface area contributed by atoms with Crippen molar-refractivity contribution in [1.82, 2.24) is 0 Å². The summed E-state index contributed by atoms with van der Waals surface area (Å²) in [7, 11) is -8.17. The highest BCUT2D eigenvalue weighted by Gasteiger charge is 2.16. The lowest BCUT2D eigenvalue weighted by Crippen LogP contribution is -2.19. The van der Waals surface area contributed by atoms with E-state index >= 15 is 0 Å². The standard InChI is InChI=1S/C20H26O12S2/c1-30-20-11-14(5-9-19(20)32-34(27,28)29)3-7-16(22)12-15(21)6-2-13-4-8-18(17(23)10-13)31-33(24,25)26/h4-5,8-11,15-16,21-23H,2-3,6-7,12H2,1H3,(H,24,25,26)(H,27,28,29). The van der Waals surface area contributed by atoms with Gasteiger partial charge in [0.2, 0.25) is 0 Å². The fourth-order valence-electron chi connectivity index (χ4n) is 3.17. The van der Waals surface area contributed by atoms with E-state index in [0.29, 0.717) is 30.4 Å². The van der Waals surface area contributed by atoms with Crippen molar-refractivity contribution in [3.8, 4) is 23.0 Å². The lowest BCUT2D eigenvalue weighted by Gasteiger charge is -2.16. The number of hydrogen-bond acceptors (Lipinski definition) is 10. The van der Waals surface area contributed by atoms with Crippen molar-refractivity contribution >= 4 is 20.8 Å². The van der Waals surface area contributed by atoms with Crippen LogP contribution in [0.5, 0.6) is 23.0 Å². The summed E-state index contributed by atoms with van der Waals surface area (Å²) in [5, 5.41) is 30.2. The van der Waals surface area contributed by atoms with Gasteiger partial charge in [0.05, 0.1) is 19.3 Å². The zero-order valence-corrected chi connectivity index (χ0v) is 19.7. The average Bonchev–Trinajstić information content (AvgIpc) is 2.71. The van der Waals surface area contributed by atoms with E-state index in [1.807, 2.05) is 0 Å². The zero-order chi connectivity index (χ0) is 25.5. The quantitative estimate of drug-likeness (QED) is 0.238. The van der Waals surface area contributed by atoms with Crippen LogP contribution in [0.2, 0.25) is 0 Å². The fraction of sp³-hybridized carbons (Fsp3) is 0.400. The van der Waals surface area contributed by atoms with Gasteiger partial charge in [-0.2, -0.15) is 16.8 Å². The van der Waals surface area contributed by atoms with Gasteiger partial charge < -0.3 is 28.4 Å². The molecule has 0 aliphatic heterocycles. The van der Waals surface area contributed by atoms with Gasteiger partial charge in [-0.3, -0.25) is 9.11 Å². The van der Waals surface area contributed by atoms with Crippen LogP contribution in [0.4, 0.5) is 0 Å². The van der Waals surface area contributed by atoms with Gasteiger partial charge in [-0.15, -0.1) is 0 Å². The van der Waals surface area contributed by atoms with Crippen molar-refractivity contribution in [2.45, 2.75) is 44.3 Å². The highest BCUT2D eigenvalue weighted by molar-refractivity contribution is 7.81. The minimum atomic E-state index is -4.77. The summed E-state index contributed by atoms with van der Waals surface area (Å²) in [4.78, 5) is 0. The number of phenols is 1. The minimum Gasteiger partial charge on any atom is -0.504 e. The fourth-order valence-corrected chi connectivity index (χ4v) is 3.90. The van der Waals surface area contributed by atoms with Crippen LogP contribution >= 0.6 is 0 Å². The molecule has 0 aliphatic carbocycles. The lowest BCUT2D eigenvalue weighted by molar-refractivity contribution is 0.0714. The van der Waals surface area contributed by atoms with Crippen LogP contribution in [0, 0.1) is 0 Å². The molecule has 0 saturated carbocycles. The molecule has 0 saturated heterocycles. The van der Waals surface area contributed by atoms with Crippen molar-refractivity contribution in [2.24, 2.45) is 0 Å². The highest BCUT2D eigenvalue weighted by atomic mass is 32.3. The Balaban J connectivity index is 1.84. The highest BCUT2D eigenvalue weighted by Crippen LogP contribution is 2.30. The Kier molecular flexibility index (Phi) is 9.49. The van der Waals surface area contributed by atoms with Crippen molar-refractivity contribution in [1.29, 1.82) is 0 Å². The van der Waals surface area contributed by atoms with E-state index in [2.05, 4.69) is 8.37 Å². The number of aromatic hydroxyl groups is 1. The SMILES string of the molecule is COc1cc(CCC(O)CC(O)CCc2ccc(OS(=O)(=O)O)c(O)c2)ccc1OS(=O)(=O)O. The number of aliphatic hydroxyl groups is 2. The maximum Gasteiger partial charge on any atom is 0.446 e. The molecule has 0 spiro atoms. The number of hydrogen-bond donors (Lipinski definition) is 5. The number of aryl methyl sites for hydroxylation is 2. The Hall–Kier alpha value is -2.62. The first-order chi connectivity index (χ1) is 15.8. The van der Waals surface area contributed by atoms with Crippen molar-refractivity contribution in [3.05, 3.63) is 47.5 Å². The maximum absolute atomic E-state index is 10.9. The molecule has 0 fully saturated rings. The summed E-state index contributed by atoms with van der Waals surface area (Å²) in [6, 6.07) is 8.24. The molecule has 0 aromatic heterocycles. The van der Waals surface area contributed by atoms with Crippen LogP contribution in [-0.2, 0) is 33.6 Å². The van der Waals surface area contributed by atoms with E-state index in [4.69, 9.17) is 13.8 Å². The van der Waals surface area contributed by atoms with Crippen LogP contribution < -0.4 is 13.1 Å². The Morgan fingerprint density at radius 1 is 0.765 bits per heavy atom. The number of phenolic OH excluding ortho intramolecular Hbond substituents is 1. The van der Waals surface area contributed by atoms with E-state index in [1.165, 1.54) is 37.4 Å². The summed E-state index contributed by atoms with van der Waals surface area (Å²) in [5.41, 5.74) is 1.28. The van der Waals surface area contributed by atoms with Gasteiger partial charge in [0, 0.05) is 0 Å². The molecule has 5 N–H and O–H groups in total. The second-order valence-corrected chi connectivity index (χ2v) is 9.47. The van der Waals surface area contributed by atoms with Crippen molar-refractivity contribution < 1.29 is 54.4 Å². The van der Waals surface area contributed by atoms with Crippen LogP contribution in [0.1, 0.15) is 30.4 Å². The predicted molar refractivity (Wildman–Crippen MR) is 119 cm³/mol. The van der Waals surface area contributed by atoms with E-state index in [1.54, 1.807) is 6.07 Å². The number of rotatable bonds is 13. The molecule has 0 radical (unpaired) electrons. The molecule has 0 amide bonds. The lowest BCUT2D eigenvalue weighted by atomic mass is 9.99. The smallest absolute Gasteiger partial charge is 0.446 e. The van der Waals surface area contributed by atoms with E-state index in [0.717, 1.165) is 0 Å². The van der Waals surface area contributed by atoms with Gasteiger partial charge in [-0.05, 0) is 67.5 Å². The Morgan fingerprint density at radius 2 is 1.24 bits per heavy atom. The summed E-state index contributed by atoms with van der Waals surface area (Å²) in [5.74, 6) is -1.03. The van der Waals surface area contributed by atoms with Gasteiger partial charge in [-0.1, -0.05) is 12.1 Å². The Morgan fingerprint density at radius 3 is 1.71 bits per heavy atom. The normalized spacial score (nSPS) is 13.8. The predicted octanol–water partition coefficient (Wildman–Crippen LogP) is 1.44. The first-order valence-corrected chi connectivity index (χ1v) is 12.7. The van der Waals surface area contributed by atoms with Gasteiger partial charge in [-0.25, -0.2) is 0 Å². The van der Waals surface area contributed by atoms with Crippen LogP contribution in [0.3, 0.4) is 0 Å².